The predicted octanol–water partition coefficient (Wildman–Crippen LogP) is 4.17. The van der Waals surface area contributed by atoms with E-state index in [-0.39, 0.29) is 5.78 Å². The molecule has 17 heavy (non-hydrogen) atoms. The molecule has 0 aliphatic rings. The fourth-order valence-corrected chi connectivity index (χ4v) is 2.01. The van der Waals surface area contributed by atoms with Crippen molar-refractivity contribution in [1.82, 2.24) is 0 Å². The van der Waals surface area contributed by atoms with Gasteiger partial charge in [-0.15, -0.1) is 0 Å². The summed E-state index contributed by atoms with van der Waals surface area (Å²) in [6.45, 7) is 5.77. The zero-order chi connectivity index (χ0) is 12.4. The van der Waals surface area contributed by atoms with E-state index < -0.39 is 0 Å². The van der Waals surface area contributed by atoms with E-state index >= 15 is 0 Å². The zero-order valence-corrected chi connectivity index (χ0v) is 10.4. The van der Waals surface area contributed by atoms with Gasteiger partial charge in [0.25, 0.3) is 0 Å². The summed E-state index contributed by atoms with van der Waals surface area (Å²) in [7, 11) is 0. The Hall–Kier alpha value is -1.89. The Balaban J connectivity index is 2.63. The molecule has 86 valence electrons. The summed E-state index contributed by atoms with van der Waals surface area (Å²) in [5.41, 5.74) is 5.55. The molecule has 0 radical (unpaired) electrons. The van der Waals surface area contributed by atoms with Crippen LogP contribution in [-0.2, 0) is 0 Å². The number of carbonyl (C=O) groups is 1. The van der Waals surface area contributed by atoms with E-state index in [1.54, 1.807) is 6.92 Å². The van der Waals surface area contributed by atoms with E-state index in [1.165, 1.54) is 16.7 Å². The third-order valence-corrected chi connectivity index (χ3v) is 3.08. The van der Waals surface area contributed by atoms with E-state index in [9.17, 15) is 4.79 Å². The summed E-state index contributed by atoms with van der Waals surface area (Å²) in [6.07, 6.45) is 0. The lowest BCUT2D eigenvalue weighted by molar-refractivity contribution is 0.101. The van der Waals surface area contributed by atoms with Gasteiger partial charge in [0.1, 0.15) is 0 Å². The fourth-order valence-electron chi connectivity index (χ4n) is 2.01. The Morgan fingerprint density at radius 1 is 0.882 bits per heavy atom. The third-order valence-electron chi connectivity index (χ3n) is 3.08. The minimum atomic E-state index is 0.111. The van der Waals surface area contributed by atoms with Crippen molar-refractivity contribution in [2.45, 2.75) is 20.8 Å². The van der Waals surface area contributed by atoms with Crippen molar-refractivity contribution in [2.75, 3.05) is 0 Å². The van der Waals surface area contributed by atoms with Gasteiger partial charge in [-0.2, -0.15) is 0 Å². The Labute approximate surface area is 102 Å². The van der Waals surface area contributed by atoms with Crippen LogP contribution in [0.2, 0.25) is 0 Å². The first-order chi connectivity index (χ1) is 8.09. The van der Waals surface area contributed by atoms with Gasteiger partial charge < -0.3 is 0 Å². The Morgan fingerprint density at radius 3 is 2.18 bits per heavy atom. The minimum Gasteiger partial charge on any atom is -0.295 e. The largest absolute Gasteiger partial charge is 0.295 e. The molecule has 0 N–H and O–H groups in total. The van der Waals surface area contributed by atoms with Gasteiger partial charge >= 0.3 is 0 Å². The molecule has 0 spiro atoms. The predicted molar refractivity (Wildman–Crippen MR) is 71.4 cm³/mol. The lowest BCUT2D eigenvalue weighted by atomic mass is 9.94. The van der Waals surface area contributed by atoms with E-state index in [0.717, 1.165) is 11.1 Å². The van der Waals surface area contributed by atoms with Crippen LogP contribution in [0.15, 0.2) is 42.5 Å². The molecule has 0 aliphatic carbocycles. The summed E-state index contributed by atoms with van der Waals surface area (Å²) in [4.78, 5) is 11.4. The average molecular weight is 224 g/mol. The van der Waals surface area contributed by atoms with Gasteiger partial charge in [-0.25, -0.2) is 0 Å². The minimum absolute atomic E-state index is 0.111. The number of ketones is 1. The molecule has 0 aromatic heterocycles. The molecule has 0 atom stereocenters. The van der Waals surface area contributed by atoms with Crippen LogP contribution in [0.3, 0.4) is 0 Å². The molecule has 1 nitrogen and oxygen atoms in total. The number of hydrogen-bond acceptors (Lipinski definition) is 1. The van der Waals surface area contributed by atoms with E-state index in [1.807, 2.05) is 30.3 Å². The monoisotopic (exact) mass is 224 g/mol. The zero-order valence-electron chi connectivity index (χ0n) is 10.4. The number of hydrogen-bond donors (Lipinski definition) is 0. The second-order valence-corrected chi connectivity index (χ2v) is 4.40. The fraction of sp³-hybridized carbons (Fsp3) is 0.188. The summed E-state index contributed by atoms with van der Waals surface area (Å²) in [5, 5.41) is 0. The van der Waals surface area contributed by atoms with Crippen molar-refractivity contribution in [1.29, 1.82) is 0 Å². The molecule has 0 fully saturated rings. The smallest absolute Gasteiger partial charge is 0.159 e. The van der Waals surface area contributed by atoms with Gasteiger partial charge in [-0.1, -0.05) is 36.4 Å². The Morgan fingerprint density at radius 2 is 1.53 bits per heavy atom. The van der Waals surface area contributed by atoms with Gasteiger partial charge in [0, 0.05) is 5.56 Å². The molecular formula is C16H16O. The van der Waals surface area contributed by atoms with Crippen molar-refractivity contribution in [2.24, 2.45) is 0 Å². The molecule has 2 aromatic carbocycles. The highest BCUT2D eigenvalue weighted by Crippen LogP contribution is 2.27. The number of Topliss-reactive ketones (excluding diaryl/α,β-unsaturated/α-hetero) is 1. The van der Waals surface area contributed by atoms with Crippen LogP contribution in [0.25, 0.3) is 11.1 Å². The van der Waals surface area contributed by atoms with E-state index in [2.05, 4.69) is 26.0 Å². The highest BCUT2D eigenvalue weighted by atomic mass is 16.1. The summed E-state index contributed by atoms with van der Waals surface area (Å²) >= 11 is 0. The van der Waals surface area contributed by atoms with Crippen LogP contribution in [0.4, 0.5) is 0 Å². The quantitative estimate of drug-likeness (QED) is 0.699. The lowest BCUT2D eigenvalue weighted by Gasteiger charge is -2.10. The summed E-state index contributed by atoms with van der Waals surface area (Å²) in [6, 6.07) is 14.1. The van der Waals surface area contributed by atoms with Crippen molar-refractivity contribution in [3.63, 3.8) is 0 Å². The maximum absolute atomic E-state index is 11.4. The lowest BCUT2D eigenvalue weighted by Crippen LogP contribution is -1.94. The number of carbonyl (C=O) groups excluding carboxylic acids is 1. The first-order valence-corrected chi connectivity index (χ1v) is 5.77. The van der Waals surface area contributed by atoms with Crippen LogP contribution < -0.4 is 0 Å². The topological polar surface area (TPSA) is 17.1 Å². The molecule has 0 amide bonds. The van der Waals surface area contributed by atoms with Gasteiger partial charge in [-0.3, -0.25) is 4.79 Å². The van der Waals surface area contributed by atoms with Crippen LogP contribution >= 0.6 is 0 Å². The molecule has 0 saturated heterocycles. The first-order valence-electron chi connectivity index (χ1n) is 5.77. The molecule has 0 aliphatic heterocycles. The molecule has 2 aromatic rings. The van der Waals surface area contributed by atoms with Crippen molar-refractivity contribution >= 4 is 5.78 Å². The molecular weight excluding hydrogens is 208 g/mol. The molecule has 0 unspecified atom stereocenters. The SMILES string of the molecule is CC(=O)c1ccc(C)c(-c2ccccc2C)c1. The highest BCUT2D eigenvalue weighted by Gasteiger charge is 2.07. The van der Waals surface area contributed by atoms with Gasteiger partial charge in [-0.05, 0) is 49.1 Å². The van der Waals surface area contributed by atoms with Crippen LogP contribution in [0.1, 0.15) is 28.4 Å². The van der Waals surface area contributed by atoms with Crippen LogP contribution in [-0.4, -0.2) is 5.78 Å². The van der Waals surface area contributed by atoms with Gasteiger partial charge in [0.05, 0.1) is 0 Å². The Bertz CT molecular complexity index is 567. The standard InChI is InChI=1S/C16H16O/c1-11-6-4-5-7-15(11)16-10-14(13(3)17)9-8-12(16)2/h4-10H,1-3H3. The molecule has 0 bridgehead atoms. The highest BCUT2D eigenvalue weighted by molar-refractivity contribution is 5.95. The van der Waals surface area contributed by atoms with Crippen molar-refractivity contribution in [3.8, 4) is 11.1 Å². The normalized spacial score (nSPS) is 10.3. The summed E-state index contributed by atoms with van der Waals surface area (Å²) < 4.78 is 0. The Kier molecular flexibility index (Phi) is 3.10. The average Bonchev–Trinajstić information content (AvgIpc) is 2.30. The van der Waals surface area contributed by atoms with Gasteiger partial charge in [0.2, 0.25) is 0 Å². The van der Waals surface area contributed by atoms with Crippen molar-refractivity contribution < 1.29 is 4.79 Å². The van der Waals surface area contributed by atoms with E-state index in [4.69, 9.17) is 0 Å². The molecule has 0 saturated carbocycles. The molecule has 0 heterocycles. The maximum Gasteiger partial charge on any atom is 0.159 e. The van der Waals surface area contributed by atoms with Gasteiger partial charge in [0.15, 0.2) is 5.78 Å². The second kappa shape index (κ2) is 4.54. The van der Waals surface area contributed by atoms with Crippen molar-refractivity contribution in [3.05, 3.63) is 59.2 Å². The number of aryl methyl sites for hydroxylation is 2. The van der Waals surface area contributed by atoms with Crippen LogP contribution in [0.5, 0.6) is 0 Å². The number of rotatable bonds is 2. The first kappa shape index (κ1) is 11.6. The molecule has 1 heteroatoms. The summed E-state index contributed by atoms with van der Waals surface area (Å²) in [5.74, 6) is 0.111. The molecule has 2 rings (SSSR count). The number of benzene rings is 2. The van der Waals surface area contributed by atoms with E-state index in [0.29, 0.717) is 0 Å². The maximum atomic E-state index is 11.4. The second-order valence-electron chi connectivity index (χ2n) is 4.40. The third kappa shape index (κ3) is 2.28. The van der Waals surface area contributed by atoms with Crippen LogP contribution in [0, 0.1) is 13.8 Å².